The molecule has 0 saturated carbocycles. The molecule has 0 bridgehead atoms. The van der Waals surface area contributed by atoms with Gasteiger partial charge in [-0.15, -0.1) is 11.3 Å². The first-order chi connectivity index (χ1) is 13.1. The Kier molecular flexibility index (Phi) is 5.95. The van der Waals surface area contributed by atoms with E-state index in [1.54, 1.807) is 0 Å². The van der Waals surface area contributed by atoms with Crippen LogP contribution in [0, 0.1) is 0 Å². The fraction of sp³-hybridized carbons (Fsp3) is 0.389. The topological polar surface area (TPSA) is 91.8 Å². The van der Waals surface area contributed by atoms with E-state index in [1.165, 1.54) is 54.6 Å². The SMILES string of the molecule is CN(C)S(=O)(=O)c1ccc(C(=O)N2CCC(c3cccs3)S(=O)(=O)CC2)cc1. The van der Waals surface area contributed by atoms with Gasteiger partial charge in [-0.05, 0) is 42.1 Å². The minimum atomic E-state index is -3.57. The van der Waals surface area contributed by atoms with E-state index in [1.807, 2.05) is 17.5 Å². The summed E-state index contributed by atoms with van der Waals surface area (Å²) >= 11 is 1.41. The summed E-state index contributed by atoms with van der Waals surface area (Å²) in [7, 11) is -4.02. The predicted molar refractivity (Wildman–Crippen MR) is 109 cm³/mol. The summed E-state index contributed by atoms with van der Waals surface area (Å²) in [6.45, 7) is 0.458. The maximum absolute atomic E-state index is 12.8. The highest BCUT2D eigenvalue weighted by atomic mass is 32.2. The Balaban J connectivity index is 1.78. The van der Waals surface area contributed by atoms with E-state index in [9.17, 15) is 21.6 Å². The molecule has 28 heavy (non-hydrogen) atoms. The van der Waals surface area contributed by atoms with E-state index >= 15 is 0 Å². The second kappa shape index (κ2) is 7.94. The second-order valence-electron chi connectivity index (χ2n) is 6.76. The molecule has 0 spiro atoms. The van der Waals surface area contributed by atoms with E-state index in [0.717, 1.165) is 9.18 Å². The Bertz CT molecular complexity index is 1040. The third-order valence-electron chi connectivity index (χ3n) is 4.77. The Labute approximate surface area is 169 Å². The average molecular weight is 443 g/mol. The van der Waals surface area contributed by atoms with Crippen LogP contribution in [0.15, 0.2) is 46.7 Å². The van der Waals surface area contributed by atoms with E-state index in [0.29, 0.717) is 18.5 Å². The summed E-state index contributed by atoms with van der Waals surface area (Å²) in [6.07, 6.45) is 0.349. The molecule has 1 saturated heterocycles. The number of hydrogen-bond acceptors (Lipinski definition) is 6. The number of rotatable bonds is 4. The van der Waals surface area contributed by atoms with E-state index in [2.05, 4.69) is 0 Å². The number of benzene rings is 1. The average Bonchev–Trinajstić information content (AvgIpc) is 3.12. The van der Waals surface area contributed by atoms with Gasteiger partial charge in [0.2, 0.25) is 10.0 Å². The maximum atomic E-state index is 12.8. The molecule has 1 fully saturated rings. The lowest BCUT2D eigenvalue weighted by Crippen LogP contribution is -2.33. The molecular formula is C18H22N2O5S3. The largest absolute Gasteiger partial charge is 0.338 e. The molecular weight excluding hydrogens is 420 g/mol. The number of sulfonamides is 1. The number of carbonyl (C=O) groups is 1. The van der Waals surface area contributed by atoms with Crippen molar-refractivity contribution in [2.75, 3.05) is 32.9 Å². The monoisotopic (exact) mass is 442 g/mol. The normalized spacial score (nSPS) is 20.1. The zero-order chi connectivity index (χ0) is 20.5. The van der Waals surface area contributed by atoms with Gasteiger partial charge in [0.05, 0.1) is 15.9 Å². The van der Waals surface area contributed by atoms with E-state index in [4.69, 9.17) is 0 Å². The molecule has 152 valence electrons. The first-order valence-electron chi connectivity index (χ1n) is 8.70. The lowest BCUT2D eigenvalue weighted by molar-refractivity contribution is 0.0766. The van der Waals surface area contributed by atoms with Crippen molar-refractivity contribution in [3.63, 3.8) is 0 Å². The molecule has 1 amide bonds. The van der Waals surface area contributed by atoms with Crippen LogP contribution in [0.4, 0.5) is 0 Å². The quantitative estimate of drug-likeness (QED) is 0.722. The third kappa shape index (κ3) is 4.14. The molecule has 1 atom stereocenters. The molecule has 3 rings (SSSR count). The van der Waals surface area contributed by atoms with Crippen molar-refractivity contribution in [2.45, 2.75) is 16.6 Å². The molecule has 1 aromatic heterocycles. The van der Waals surface area contributed by atoms with Crippen molar-refractivity contribution < 1.29 is 21.6 Å². The summed E-state index contributed by atoms with van der Waals surface area (Å²) in [5, 5.41) is 1.26. The lowest BCUT2D eigenvalue weighted by Gasteiger charge is -2.20. The van der Waals surface area contributed by atoms with Crippen molar-refractivity contribution in [1.29, 1.82) is 0 Å². The summed E-state index contributed by atoms with van der Waals surface area (Å²) < 4.78 is 50.6. The van der Waals surface area contributed by atoms with Gasteiger partial charge in [-0.1, -0.05) is 6.07 Å². The van der Waals surface area contributed by atoms with Gasteiger partial charge in [-0.25, -0.2) is 21.1 Å². The first kappa shape index (κ1) is 21.0. The zero-order valence-electron chi connectivity index (χ0n) is 15.6. The highest BCUT2D eigenvalue weighted by molar-refractivity contribution is 7.91. The third-order valence-corrected chi connectivity index (χ3v) is 9.84. The molecule has 0 radical (unpaired) electrons. The fourth-order valence-electron chi connectivity index (χ4n) is 3.10. The Hall–Kier alpha value is -1.75. The van der Waals surface area contributed by atoms with Gasteiger partial charge in [0.15, 0.2) is 9.84 Å². The molecule has 1 aliphatic rings. The Morgan fingerprint density at radius 2 is 1.82 bits per heavy atom. The highest BCUT2D eigenvalue weighted by Gasteiger charge is 2.33. The minimum absolute atomic E-state index is 0.0889. The van der Waals surface area contributed by atoms with Gasteiger partial charge in [-0.3, -0.25) is 4.79 Å². The van der Waals surface area contributed by atoms with Crippen LogP contribution >= 0.6 is 11.3 Å². The van der Waals surface area contributed by atoms with Gasteiger partial charge in [0.25, 0.3) is 5.91 Å². The fourth-order valence-corrected chi connectivity index (χ4v) is 7.01. The summed E-state index contributed by atoms with van der Waals surface area (Å²) in [4.78, 5) is 15.3. The minimum Gasteiger partial charge on any atom is -0.338 e. The van der Waals surface area contributed by atoms with Crippen molar-refractivity contribution >= 4 is 37.1 Å². The van der Waals surface area contributed by atoms with Crippen LogP contribution in [0.3, 0.4) is 0 Å². The number of nitrogens with zero attached hydrogens (tertiary/aromatic N) is 2. The Morgan fingerprint density at radius 1 is 1.14 bits per heavy atom. The number of amides is 1. The summed E-state index contributed by atoms with van der Waals surface area (Å²) in [6, 6.07) is 9.36. The number of carbonyl (C=O) groups excluding carboxylic acids is 1. The smallest absolute Gasteiger partial charge is 0.253 e. The van der Waals surface area contributed by atoms with Crippen molar-refractivity contribution in [2.24, 2.45) is 0 Å². The van der Waals surface area contributed by atoms with Gasteiger partial charge in [0, 0.05) is 37.6 Å². The molecule has 0 N–H and O–H groups in total. The number of hydrogen-bond donors (Lipinski definition) is 0. The standard InChI is InChI=1S/C18H22N2O5S3/c1-19(2)28(24,25)15-7-5-14(6-8-15)18(21)20-10-9-17(16-4-3-12-26-16)27(22,23)13-11-20/h3-8,12,17H,9-11,13H2,1-2H3. The molecule has 1 aromatic carbocycles. The van der Waals surface area contributed by atoms with Crippen LogP contribution in [-0.4, -0.2) is 64.9 Å². The molecule has 0 aliphatic carbocycles. The van der Waals surface area contributed by atoms with Crippen LogP contribution in [0.1, 0.15) is 26.9 Å². The van der Waals surface area contributed by atoms with Crippen LogP contribution in [-0.2, 0) is 19.9 Å². The molecule has 2 heterocycles. The van der Waals surface area contributed by atoms with Crippen LogP contribution in [0.2, 0.25) is 0 Å². The van der Waals surface area contributed by atoms with Crippen LogP contribution < -0.4 is 0 Å². The van der Waals surface area contributed by atoms with E-state index in [-0.39, 0.29) is 23.1 Å². The molecule has 7 nitrogen and oxygen atoms in total. The predicted octanol–water partition coefficient (Wildman–Crippen LogP) is 2.00. The highest BCUT2D eigenvalue weighted by Crippen LogP contribution is 2.32. The maximum Gasteiger partial charge on any atom is 0.253 e. The van der Waals surface area contributed by atoms with E-state index < -0.39 is 25.1 Å². The van der Waals surface area contributed by atoms with Gasteiger partial charge in [-0.2, -0.15) is 0 Å². The Morgan fingerprint density at radius 3 is 2.39 bits per heavy atom. The van der Waals surface area contributed by atoms with Gasteiger partial charge < -0.3 is 4.90 Å². The van der Waals surface area contributed by atoms with Gasteiger partial charge >= 0.3 is 0 Å². The molecule has 1 aliphatic heterocycles. The molecule has 1 unspecified atom stereocenters. The van der Waals surface area contributed by atoms with Crippen molar-refractivity contribution in [1.82, 2.24) is 9.21 Å². The first-order valence-corrected chi connectivity index (χ1v) is 12.7. The van der Waals surface area contributed by atoms with Crippen molar-refractivity contribution in [3.8, 4) is 0 Å². The van der Waals surface area contributed by atoms with Gasteiger partial charge in [0.1, 0.15) is 0 Å². The summed E-state index contributed by atoms with van der Waals surface area (Å²) in [5.41, 5.74) is 0.338. The second-order valence-corrected chi connectivity index (χ2v) is 12.2. The molecule has 2 aromatic rings. The number of sulfone groups is 1. The lowest BCUT2D eigenvalue weighted by atomic mass is 10.2. The summed E-state index contributed by atoms with van der Waals surface area (Å²) in [5.74, 6) is -0.384. The van der Waals surface area contributed by atoms with Crippen LogP contribution in [0.25, 0.3) is 0 Å². The number of thiophene rings is 1. The molecule has 10 heteroatoms. The van der Waals surface area contributed by atoms with Crippen LogP contribution in [0.5, 0.6) is 0 Å². The zero-order valence-corrected chi connectivity index (χ0v) is 18.1. The van der Waals surface area contributed by atoms with Crippen molar-refractivity contribution in [3.05, 3.63) is 52.2 Å².